The van der Waals surface area contributed by atoms with Crippen LogP contribution < -0.4 is 11.2 Å². The molecule has 1 aromatic carbocycles. The lowest BCUT2D eigenvalue weighted by Gasteiger charge is -2.33. The monoisotopic (exact) mass is 395 g/mol. The fourth-order valence-corrected chi connectivity index (χ4v) is 4.35. The van der Waals surface area contributed by atoms with Crippen molar-refractivity contribution in [2.24, 2.45) is 14.1 Å². The lowest BCUT2D eigenvalue weighted by atomic mass is 10.0. The summed E-state index contributed by atoms with van der Waals surface area (Å²) in [5.74, 6) is 0.841. The van der Waals surface area contributed by atoms with Crippen LogP contribution in [-0.4, -0.2) is 36.2 Å². The summed E-state index contributed by atoms with van der Waals surface area (Å²) in [6, 6.07) is 8.78. The van der Waals surface area contributed by atoms with Crippen molar-refractivity contribution >= 4 is 11.2 Å². The Labute approximate surface area is 170 Å². The maximum Gasteiger partial charge on any atom is 0.332 e. The third-order valence-electron chi connectivity index (χ3n) is 6.14. The fourth-order valence-electron chi connectivity index (χ4n) is 4.35. The molecule has 4 rings (SSSR count). The predicted octanol–water partition coefficient (Wildman–Crippen LogP) is 2.16. The summed E-state index contributed by atoms with van der Waals surface area (Å²) in [5.41, 5.74) is 2.62. The second-order valence-electron chi connectivity index (χ2n) is 8.30. The second-order valence-corrected chi connectivity index (χ2v) is 8.30. The van der Waals surface area contributed by atoms with Crippen molar-refractivity contribution in [1.29, 1.82) is 0 Å². The molecule has 1 fully saturated rings. The average Bonchev–Trinajstić information content (AvgIpc) is 3.05. The Bertz CT molecular complexity index is 1170. The molecular formula is C22H29N5O2. The highest BCUT2D eigenvalue weighted by atomic mass is 16.2. The summed E-state index contributed by atoms with van der Waals surface area (Å²) < 4.78 is 4.66. The topological polar surface area (TPSA) is 65.1 Å². The molecule has 2 aromatic heterocycles. The van der Waals surface area contributed by atoms with Gasteiger partial charge in [-0.05, 0) is 38.8 Å². The predicted molar refractivity (Wildman–Crippen MR) is 114 cm³/mol. The van der Waals surface area contributed by atoms with E-state index in [1.165, 1.54) is 41.0 Å². The van der Waals surface area contributed by atoms with Gasteiger partial charge in [0.25, 0.3) is 5.56 Å². The van der Waals surface area contributed by atoms with Crippen molar-refractivity contribution in [2.45, 2.75) is 52.2 Å². The normalized spacial score (nSPS) is 17.9. The van der Waals surface area contributed by atoms with Crippen molar-refractivity contribution in [3.8, 4) is 0 Å². The molecule has 0 N–H and O–H groups in total. The van der Waals surface area contributed by atoms with Gasteiger partial charge in [0.05, 0.1) is 6.54 Å². The molecule has 1 aliphatic heterocycles. The van der Waals surface area contributed by atoms with Gasteiger partial charge in [0.1, 0.15) is 5.82 Å². The first kappa shape index (κ1) is 19.6. The van der Waals surface area contributed by atoms with Gasteiger partial charge < -0.3 is 4.57 Å². The fraction of sp³-hybridized carbons (Fsp3) is 0.500. The minimum atomic E-state index is -0.347. The summed E-state index contributed by atoms with van der Waals surface area (Å²) >= 11 is 0. The van der Waals surface area contributed by atoms with Crippen LogP contribution in [0.4, 0.5) is 0 Å². The lowest BCUT2D eigenvalue weighted by Crippen LogP contribution is -2.38. The number of hydrogen-bond acceptors (Lipinski definition) is 4. The Hall–Kier alpha value is -2.67. The maximum atomic E-state index is 13.0. The molecule has 0 aliphatic carbocycles. The molecule has 0 spiro atoms. The highest BCUT2D eigenvalue weighted by Gasteiger charge is 2.24. The smallest absolute Gasteiger partial charge is 0.317 e. The third-order valence-corrected chi connectivity index (χ3v) is 6.14. The van der Waals surface area contributed by atoms with Crippen LogP contribution in [0.2, 0.25) is 0 Å². The van der Waals surface area contributed by atoms with E-state index in [4.69, 9.17) is 4.98 Å². The van der Waals surface area contributed by atoms with E-state index in [1.807, 2.05) is 10.6 Å². The first-order valence-electron chi connectivity index (χ1n) is 10.3. The summed E-state index contributed by atoms with van der Waals surface area (Å²) in [5, 5.41) is 0. The summed E-state index contributed by atoms with van der Waals surface area (Å²) in [6.07, 6.45) is 3.62. The number of imidazole rings is 1. The average molecular weight is 396 g/mol. The molecule has 7 nitrogen and oxygen atoms in total. The van der Waals surface area contributed by atoms with E-state index in [2.05, 4.69) is 36.9 Å². The van der Waals surface area contributed by atoms with Crippen LogP contribution in [-0.2, 0) is 27.2 Å². The Balaban J connectivity index is 1.89. The number of likely N-dealkylation sites (tertiary alicyclic amines) is 1. The van der Waals surface area contributed by atoms with Crippen molar-refractivity contribution in [1.82, 2.24) is 23.6 Å². The molecule has 0 radical (unpaired) electrons. The summed E-state index contributed by atoms with van der Waals surface area (Å²) in [7, 11) is 3.21. The zero-order chi connectivity index (χ0) is 20.7. The van der Waals surface area contributed by atoms with Gasteiger partial charge in [0.2, 0.25) is 0 Å². The molecule has 0 saturated carbocycles. The van der Waals surface area contributed by atoms with Gasteiger partial charge in [0.15, 0.2) is 11.2 Å². The van der Waals surface area contributed by atoms with E-state index >= 15 is 0 Å². The van der Waals surface area contributed by atoms with E-state index in [0.29, 0.717) is 30.3 Å². The van der Waals surface area contributed by atoms with Crippen LogP contribution in [0.5, 0.6) is 0 Å². The Morgan fingerprint density at radius 1 is 1.10 bits per heavy atom. The van der Waals surface area contributed by atoms with E-state index in [-0.39, 0.29) is 11.2 Å². The second kappa shape index (κ2) is 7.63. The number of aryl methyl sites for hydroxylation is 2. The van der Waals surface area contributed by atoms with Gasteiger partial charge >= 0.3 is 5.69 Å². The lowest BCUT2D eigenvalue weighted by molar-refractivity contribution is 0.147. The van der Waals surface area contributed by atoms with Crippen LogP contribution in [0.1, 0.15) is 43.1 Å². The van der Waals surface area contributed by atoms with Gasteiger partial charge in [-0.1, -0.05) is 36.2 Å². The van der Waals surface area contributed by atoms with Crippen molar-refractivity contribution < 1.29 is 0 Å². The number of hydrogen-bond donors (Lipinski definition) is 0. The van der Waals surface area contributed by atoms with Gasteiger partial charge in [-0.15, -0.1) is 0 Å². The minimum Gasteiger partial charge on any atom is -0.317 e. The van der Waals surface area contributed by atoms with Crippen molar-refractivity contribution in [3.05, 3.63) is 62.1 Å². The number of rotatable bonds is 4. The highest BCUT2D eigenvalue weighted by Crippen LogP contribution is 2.21. The molecule has 3 aromatic rings. The van der Waals surface area contributed by atoms with E-state index < -0.39 is 0 Å². The van der Waals surface area contributed by atoms with E-state index in [9.17, 15) is 9.59 Å². The van der Waals surface area contributed by atoms with E-state index in [1.54, 1.807) is 7.05 Å². The van der Waals surface area contributed by atoms with Crippen LogP contribution in [0.15, 0.2) is 33.9 Å². The standard InChI is InChI=1S/C22H29N5O2/c1-15-8-7-10-17(12-15)13-27-18(14-26-11-6-5-9-16(26)2)23-20-19(27)21(28)25(4)22(29)24(20)3/h7-8,10,12,16H,5-6,9,11,13-14H2,1-4H3/t16-/m0/s1. The zero-order valence-electron chi connectivity index (χ0n) is 17.7. The zero-order valence-corrected chi connectivity index (χ0v) is 17.7. The van der Waals surface area contributed by atoms with Gasteiger partial charge in [-0.2, -0.15) is 0 Å². The quantitative estimate of drug-likeness (QED) is 0.679. The third kappa shape index (κ3) is 3.55. The highest BCUT2D eigenvalue weighted by molar-refractivity contribution is 5.71. The first-order chi connectivity index (χ1) is 13.9. The molecule has 1 saturated heterocycles. The summed E-state index contributed by atoms with van der Waals surface area (Å²) in [6.45, 7) is 6.59. The molecule has 0 bridgehead atoms. The number of fused-ring (bicyclic) bond motifs is 1. The molecule has 0 amide bonds. The first-order valence-corrected chi connectivity index (χ1v) is 10.3. The molecule has 1 aliphatic rings. The Kier molecular flexibility index (Phi) is 5.17. The van der Waals surface area contributed by atoms with Gasteiger partial charge in [-0.3, -0.25) is 18.8 Å². The summed E-state index contributed by atoms with van der Waals surface area (Å²) in [4.78, 5) is 32.7. The van der Waals surface area contributed by atoms with Gasteiger partial charge in [-0.25, -0.2) is 9.78 Å². The number of nitrogens with zero attached hydrogens (tertiary/aromatic N) is 5. The molecule has 0 unspecified atom stereocenters. The number of aromatic nitrogens is 4. The minimum absolute atomic E-state index is 0.291. The Morgan fingerprint density at radius 3 is 2.62 bits per heavy atom. The molecule has 3 heterocycles. The SMILES string of the molecule is Cc1cccc(Cn2c(CN3CCCC[C@@H]3C)nc3c2c(=O)n(C)c(=O)n3C)c1. The van der Waals surface area contributed by atoms with Crippen LogP contribution >= 0.6 is 0 Å². The van der Waals surface area contributed by atoms with Crippen LogP contribution in [0, 0.1) is 6.92 Å². The van der Waals surface area contributed by atoms with Crippen LogP contribution in [0.3, 0.4) is 0 Å². The van der Waals surface area contributed by atoms with Crippen LogP contribution in [0.25, 0.3) is 11.2 Å². The largest absolute Gasteiger partial charge is 0.332 e. The molecule has 29 heavy (non-hydrogen) atoms. The molecule has 1 atom stereocenters. The molecular weight excluding hydrogens is 366 g/mol. The molecule has 7 heteroatoms. The van der Waals surface area contributed by atoms with Crippen molar-refractivity contribution in [3.63, 3.8) is 0 Å². The number of piperidine rings is 1. The maximum absolute atomic E-state index is 13.0. The Morgan fingerprint density at radius 2 is 1.90 bits per heavy atom. The van der Waals surface area contributed by atoms with E-state index in [0.717, 1.165) is 17.9 Å². The molecule has 154 valence electrons. The number of benzene rings is 1. The van der Waals surface area contributed by atoms with Gasteiger partial charge in [0, 0.05) is 26.7 Å². The van der Waals surface area contributed by atoms with Crippen molar-refractivity contribution in [2.75, 3.05) is 6.54 Å².